The first-order chi connectivity index (χ1) is 10.3. The molecule has 0 saturated heterocycles. The summed E-state index contributed by atoms with van der Waals surface area (Å²) in [7, 11) is -3.96. The standard InChI is InChI=1S/C15H15Cl2NO3S/c1-2-13(10-6-4-3-5-7-10)18-22(20,21)14-9-11(16)8-12(17)15(14)19/h3-9,13,18-19H,2H2,1H3. The summed E-state index contributed by atoms with van der Waals surface area (Å²) in [6.07, 6.45) is 0.554. The number of hydrogen-bond acceptors (Lipinski definition) is 3. The van der Waals surface area contributed by atoms with Crippen LogP contribution in [0.5, 0.6) is 5.75 Å². The van der Waals surface area contributed by atoms with Gasteiger partial charge in [0, 0.05) is 11.1 Å². The maximum absolute atomic E-state index is 12.5. The summed E-state index contributed by atoms with van der Waals surface area (Å²) in [5, 5.41) is 9.93. The van der Waals surface area contributed by atoms with Crippen molar-refractivity contribution in [3.8, 4) is 5.75 Å². The molecule has 0 radical (unpaired) electrons. The van der Waals surface area contributed by atoms with Crippen LogP contribution < -0.4 is 4.72 Å². The van der Waals surface area contributed by atoms with Crippen LogP contribution >= 0.6 is 23.2 Å². The molecule has 2 rings (SSSR count). The largest absolute Gasteiger partial charge is 0.505 e. The Balaban J connectivity index is 2.39. The second-order valence-electron chi connectivity index (χ2n) is 4.73. The molecule has 0 heterocycles. The molecule has 0 aromatic heterocycles. The van der Waals surface area contributed by atoms with Crippen molar-refractivity contribution < 1.29 is 13.5 Å². The molecule has 0 bridgehead atoms. The lowest BCUT2D eigenvalue weighted by Crippen LogP contribution is -2.28. The maximum Gasteiger partial charge on any atom is 0.244 e. The van der Waals surface area contributed by atoms with E-state index in [2.05, 4.69) is 4.72 Å². The lowest BCUT2D eigenvalue weighted by atomic mass is 10.1. The number of nitrogens with one attached hydrogen (secondary N) is 1. The van der Waals surface area contributed by atoms with Crippen molar-refractivity contribution in [3.63, 3.8) is 0 Å². The molecule has 118 valence electrons. The average molecular weight is 360 g/mol. The summed E-state index contributed by atoms with van der Waals surface area (Å²) in [5.41, 5.74) is 0.834. The maximum atomic E-state index is 12.5. The molecule has 1 atom stereocenters. The van der Waals surface area contributed by atoms with Crippen LogP contribution in [0.4, 0.5) is 0 Å². The predicted octanol–water partition coefficient (Wildman–Crippen LogP) is 4.13. The van der Waals surface area contributed by atoms with E-state index < -0.39 is 21.8 Å². The van der Waals surface area contributed by atoms with Gasteiger partial charge in [-0.3, -0.25) is 0 Å². The Kier molecular flexibility index (Phi) is 5.34. The highest BCUT2D eigenvalue weighted by atomic mass is 35.5. The fraction of sp³-hybridized carbons (Fsp3) is 0.200. The van der Waals surface area contributed by atoms with Crippen LogP contribution in [0.1, 0.15) is 24.9 Å². The monoisotopic (exact) mass is 359 g/mol. The number of halogens is 2. The van der Waals surface area contributed by atoms with Crippen molar-refractivity contribution >= 4 is 33.2 Å². The van der Waals surface area contributed by atoms with Gasteiger partial charge in [0.25, 0.3) is 0 Å². The lowest BCUT2D eigenvalue weighted by Gasteiger charge is -2.18. The summed E-state index contributed by atoms with van der Waals surface area (Å²) in [5.74, 6) is -0.513. The minimum absolute atomic E-state index is 0.111. The first-order valence-corrected chi connectivity index (χ1v) is 8.84. The zero-order chi connectivity index (χ0) is 16.3. The number of phenolic OH excluding ortho intramolecular Hbond substituents is 1. The molecular weight excluding hydrogens is 345 g/mol. The summed E-state index contributed by atoms with van der Waals surface area (Å²) in [6.45, 7) is 1.87. The number of sulfonamides is 1. The molecule has 1 unspecified atom stereocenters. The van der Waals surface area contributed by atoms with Gasteiger partial charge in [-0.2, -0.15) is 0 Å². The first-order valence-electron chi connectivity index (χ1n) is 6.60. The number of hydrogen-bond donors (Lipinski definition) is 2. The van der Waals surface area contributed by atoms with E-state index in [1.54, 1.807) is 0 Å². The SMILES string of the molecule is CCC(NS(=O)(=O)c1cc(Cl)cc(Cl)c1O)c1ccccc1. The van der Waals surface area contributed by atoms with Crippen molar-refractivity contribution in [1.82, 2.24) is 4.72 Å². The average Bonchev–Trinajstić information content (AvgIpc) is 2.49. The van der Waals surface area contributed by atoms with Gasteiger partial charge in [0.15, 0.2) is 5.75 Å². The molecule has 22 heavy (non-hydrogen) atoms. The van der Waals surface area contributed by atoms with E-state index in [-0.39, 0.29) is 14.9 Å². The Hall–Kier alpha value is -1.27. The van der Waals surface area contributed by atoms with E-state index in [0.717, 1.165) is 5.56 Å². The van der Waals surface area contributed by atoms with Crippen LogP contribution in [0, 0.1) is 0 Å². The molecule has 7 heteroatoms. The highest BCUT2D eigenvalue weighted by molar-refractivity contribution is 7.89. The van der Waals surface area contributed by atoms with E-state index in [1.807, 2.05) is 37.3 Å². The zero-order valence-corrected chi connectivity index (χ0v) is 14.1. The Morgan fingerprint density at radius 3 is 2.41 bits per heavy atom. The second-order valence-corrected chi connectivity index (χ2v) is 7.25. The number of aromatic hydroxyl groups is 1. The minimum Gasteiger partial charge on any atom is -0.505 e. The molecule has 0 saturated carbocycles. The van der Waals surface area contributed by atoms with E-state index in [1.165, 1.54) is 12.1 Å². The zero-order valence-electron chi connectivity index (χ0n) is 11.8. The molecule has 0 aliphatic carbocycles. The van der Waals surface area contributed by atoms with Crippen LogP contribution in [0.2, 0.25) is 10.0 Å². The molecule has 0 aliphatic rings. The highest BCUT2D eigenvalue weighted by Gasteiger charge is 2.25. The van der Waals surface area contributed by atoms with Crippen LogP contribution in [0.15, 0.2) is 47.4 Å². The van der Waals surface area contributed by atoms with Gasteiger partial charge in [-0.05, 0) is 24.1 Å². The normalized spacial score (nSPS) is 13.0. The summed E-state index contributed by atoms with van der Waals surface area (Å²) in [6, 6.07) is 11.2. The molecular formula is C15H15Cl2NO3S. The van der Waals surface area contributed by atoms with E-state index in [0.29, 0.717) is 6.42 Å². The number of benzene rings is 2. The van der Waals surface area contributed by atoms with Gasteiger partial charge in [-0.1, -0.05) is 60.5 Å². The van der Waals surface area contributed by atoms with Gasteiger partial charge in [-0.25, -0.2) is 13.1 Å². The lowest BCUT2D eigenvalue weighted by molar-refractivity contribution is 0.457. The van der Waals surface area contributed by atoms with Crippen LogP contribution in [-0.2, 0) is 10.0 Å². The van der Waals surface area contributed by atoms with E-state index >= 15 is 0 Å². The third-order valence-electron chi connectivity index (χ3n) is 3.19. The van der Waals surface area contributed by atoms with E-state index in [9.17, 15) is 13.5 Å². The number of phenols is 1. The summed E-state index contributed by atoms with van der Waals surface area (Å²) < 4.78 is 27.6. The van der Waals surface area contributed by atoms with Gasteiger partial charge in [-0.15, -0.1) is 0 Å². The van der Waals surface area contributed by atoms with Gasteiger partial charge in [0.05, 0.1) is 5.02 Å². The van der Waals surface area contributed by atoms with Crippen LogP contribution in [0.3, 0.4) is 0 Å². The first kappa shape index (κ1) is 17.1. The van der Waals surface area contributed by atoms with Crippen LogP contribution in [-0.4, -0.2) is 13.5 Å². The van der Waals surface area contributed by atoms with Gasteiger partial charge in [0.2, 0.25) is 10.0 Å². The third-order valence-corrected chi connectivity index (χ3v) is 5.18. The Bertz CT molecular complexity index is 764. The smallest absolute Gasteiger partial charge is 0.244 e. The van der Waals surface area contributed by atoms with Crippen molar-refractivity contribution in [3.05, 3.63) is 58.1 Å². The molecule has 2 aromatic rings. The number of rotatable bonds is 5. The Labute approximate surface area is 139 Å². The van der Waals surface area contributed by atoms with Crippen molar-refractivity contribution in [2.24, 2.45) is 0 Å². The summed E-state index contributed by atoms with van der Waals surface area (Å²) in [4.78, 5) is -0.334. The van der Waals surface area contributed by atoms with Crippen molar-refractivity contribution in [1.29, 1.82) is 0 Å². The fourth-order valence-corrected chi connectivity index (χ4v) is 4.14. The van der Waals surface area contributed by atoms with Gasteiger partial charge < -0.3 is 5.11 Å². The molecule has 0 amide bonds. The molecule has 0 fully saturated rings. The third kappa shape index (κ3) is 3.73. The van der Waals surface area contributed by atoms with E-state index in [4.69, 9.17) is 23.2 Å². The molecule has 2 aromatic carbocycles. The summed E-state index contributed by atoms with van der Waals surface area (Å²) >= 11 is 11.6. The highest BCUT2D eigenvalue weighted by Crippen LogP contribution is 2.34. The van der Waals surface area contributed by atoms with Gasteiger partial charge in [0.1, 0.15) is 4.90 Å². The minimum atomic E-state index is -3.96. The van der Waals surface area contributed by atoms with Crippen LogP contribution in [0.25, 0.3) is 0 Å². The quantitative estimate of drug-likeness (QED) is 0.843. The fourth-order valence-electron chi connectivity index (χ4n) is 2.07. The topological polar surface area (TPSA) is 66.4 Å². The second kappa shape index (κ2) is 6.87. The molecule has 0 spiro atoms. The molecule has 4 nitrogen and oxygen atoms in total. The molecule has 2 N–H and O–H groups in total. The van der Waals surface area contributed by atoms with Crippen molar-refractivity contribution in [2.75, 3.05) is 0 Å². The Morgan fingerprint density at radius 1 is 1.18 bits per heavy atom. The predicted molar refractivity (Wildman–Crippen MR) is 87.9 cm³/mol. The van der Waals surface area contributed by atoms with Gasteiger partial charge >= 0.3 is 0 Å². The Morgan fingerprint density at radius 2 is 1.82 bits per heavy atom. The van der Waals surface area contributed by atoms with Crippen molar-refractivity contribution in [2.45, 2.75) is 24.3 Å². The molecule has 0 aliphatic heterocycles.